The maximum atomic E-state index is 5.84. The molecule has 0 fully saturated rings. The first-order valence-corrected chi connectivity index (χ1v) is 7.23. The topological polar surface area (TPSA) is 72.0 Å². The van der Waals surface area contributed by atoms with Gasteiger partial charge in [-0.1, -0.05) is 18.2 Å². The van der Waals surface area contributed by atoms with Gasteiger partial charge >= 0.3 is 0 Å². The molecule has 0 saturated carbocycles. The van der Waals surface area contributed by atoms with Crippen molar-refractivity contribution in [3.63, 3.8) is 0 Å². The van der Waals surface area contributed by atoms with E-state index in [1.165, 1.54) is 0 Å². The number of rotatable bonds is 8. The number of hydrogen-bond donors (Lipinski definition) is 2. The Bertz CT molecular complexity index is 552. The summed E-state index contributed by atoms with van der Waals surface area (Å²) in [5, 5.41) is 6.27. The Balaban J connectivity index is 1.73. The van der Waals surface area contributed by atoms with Crippen LogP contribution in [-0.4, -0.2) is 34.6 Å². The molecule has 0 unspecified atom stereocenters. The van der Waals surface area contributed by atoms with Gasteiger partial charge in [-0.3, -0.25) is 0 Å². The van der Waals surface area contributed by atoms with Crippen LogP contribution in [0.3, 0.4) is 0 Å². The average molecular weight is 308 g/mol. The number of nitrogens with zero attached hydrogens (tertiary/aromatic N) is 3. The molecule has 1 aromatic carbocycles. The molecule has 2 aromatic rings. The minimum absolute atomic E-state index is 0.170. The predicted molar refractivity (Wildman–Crippen MR) is 84.0 cm³/mol. The highest BCUT2D eigenvalue weighted by atomic mass is 35.5. The fraction of sp³-hybridized carbons (Fsp3) is 0.357. The lowest BCUT2D eigenvalue weighted by Gasteiger charge is -2.08. The standard InChI is InChI=1S/C14H18ClN5O/c1-2-16-13-18-12(15)19-14(20-13)17-9-6-10-21-11-7-4-3-5-8-11/h3-5,7-8H,2,6,9-10H2,1H3,(H2,16,17,18,19,20). The first kappa shape index (κ1) is 15.3. The third-order valence-corrected chi connectivity index (χ3v) is 2.73. The number of hydrogen-bond acceptors (Lipinski definition) is 6. The quantitative estimate of drug-likeness (QED) is 0.731. The zero-order chi connectivity index (χ0) is 14.9. The zero-order valence-corrected chi connectivity index (χ0v) is 12.6. The van der Waals surface area contributed by atoms with Gasteiger partial charge in [-0.25, -0.2) is 0 Å². The van der Waals surface area contributed by atoms with Crippen molar-refractivity contribution in [2.75, 3.05) is 30.3 Å². The SMILES string of the molecule is CCNc1nc(Cl)nc(NCCCOc2ccccc2)n1. The molecule has 0 aliphatic carbocycles. The van der Waals surface area contributed by atoms with Crippen molar-refractivity contribution in [1.82, 2.24) is 15.0 Å². The summed E-state index contributed by atoms with van der Waals surface area (Å²) in [6.07, 6.45) is 0.828. The van der Waals surface area contributed by atoms with Gasteiger partial charge < -0.3 is 15.4 Å². The van der Waals surface area contributed by atoms with Gasteiger partial charge in [0.1, 0.15) is 5.75 Å². The van der Waals surface area contributed by atoms with Gasteiger partial charge in [0, 0.05) is 13.1 Å². The third-order valence-electron chi connectivity index (χ3n) is 2.56. The van der Waals surface area contributed by atoms with Crippen LogP contribution in [0, 0.1) is 0 Å². The normalized spacial score (nSPS) is 10.2. The Kier molecular flexibility index (Phi) is 6.02. The van der Waals surface area contributed by atoms with E-state index in [1.54, 1.807) is 0 Å². The van der Waals surface area contributed by atoms with Crippen molar-refractivity contribution in [1.29, 1.82) is 0 Å². The third kappa shape index (κ3) is 5.43. The van der Waals surface area contributed by atoms with Gasteiger partial charge in [-0.2, -0.15) is 15.0 Å². The molecule has 0 bridgehead atoms. The summed E-state index contributed by atoms with van der Waals surface area (Å²) < 4.78 is 5.60. The number of nitrogens with one attached hydrogen (secondary N) is 2. The molecular weight excluding hydrogens is 290 g/mol. The van der Waals surface area contributed by atoms with Crippen LogP contribution < -0.4 is 15.4 Å². The molecule has 0 spiro atoms. The van der Waals surface area contributed by atoms with Crippen molar-refractivity contribution in [3.05, 3.63) is 35.6 Å². The van der Waals surface area contributed by atoms with Gasteiger partial charge in [0.25, 0.3) is 0 Å². The molecule has 0 radical (unpaired) electrons. The zero-order valence-electron chi connectivity index (χ0n) is 11.8. The van der Waals surface area contributed by atoms with Crippen molar-refractivity contribution < 1.29 is 4.74 Å². The molecule has 1 aromatic heterocycles. The summed E-state index contributed by atoms with van der Waals surface area (Å²) >= 11 is 5.84. The minimum Gasteiger partial charge on any atom is -0.494 e. The summed E-state index contributed by atoms with van der Waals surface area (Å²) in [7, 11) is 0. The van der Waals surface area contributed by atoms with Crippen LogP contribution in [0.4, 0.5) is 11.9 Å². The second-order valence-electron chi connectivity index (χ2n) is 4.22. The van der Waals surface area contributed by atoms with Crippen LogP contribution >= 0.6 is 11.6 Å². The highest BCUT2D eigenvalue weighted by Gasteiger charge is 2.03. The second kappa shape index (κ2) is 8.26. The second-order valence-corrected chi connectivity index (χ2v) is 4.56. The Morgan fingerprint density at radius 1 is 1.05 bits per heavy atom. The molecule has 0 amide bonds. The largest absolute Gasteiger partial charge is 0.494 e. The minimum atomic E-state index is 0.170. The Hall–Kier alpha value is -2.08. The van der Waals surface area contributed by atoms with Gasteiger partial charge in [-0.05, 0) is 37.1 Å². The van der Waals surface area contributed by atoms with Crippen LogP contribution in [-0.2, 0) is 0 Å². The number of para-hydroxylation sites is 1. The fourth-order valence-corrected chi connectivity index (χ4v) is 1.81. The highest BCUT2D eigenvalue weighted by Crippen LogP contribution is 2.10. The molecule has 1 heterocycles. The van der Waals surface area contributed by atoms with Crippen LogP contribution in [0.5, 0.6) is 5.75 Å². The Morgan fingerprint density at radius 2 is 1.76 bits per heavy atom. The number of benzene rings is 1. The van der Waals surface area contributed by atoms with Gasteiger partial charge in [0.05, 0.1) is 6.61 Å². The molecule has 0 saturated heterocycles. The van der Waals surface area contributed by atoms with E-state index >= 15 is 0 Å². The molecule has 112 valence electrons. The molecule has 0 aliphatic heterocycles. The van der Waals surface area contributed by atoms with Crippen molar-refractivity contribution >= 4 is 23.5 Å². The highest BCUT2D eigenvalue weighted by molar-refractivity contribution is 6.28. The summed E-state index contributed by atoms with van der Waals surface area (Å²) in [5.41, 5.74) is 0. The molecule has 2 rings (SSSR count). The fourth-order valence-electron chi connectivity index (χ4n) is 1.65. The molecule has 2 N–H and O–H groups in total. The van der Waals surface area contributed by atoms with E-state index in [2.05, 4.69) is 25.6 Å². The van der Waals surface area contributed by atoms with E-state index in [4.69, 9.17) is 16.3 Å². The van der Waals surface area contributed by atoms with Gasteiger partial charge in [0.2, 0.25) is 17.2 Å². The van der Waals surface area contributed by atoms with Crippen molar-refractivity contribution in [3.8, 4) is 5.75 Å². The van der Waals surface area contributed by atoms with E-state index in [0.29, 0.717) is 25.0 Å². The van der Waals surface area contributed by atoms with Crippen molar-refractivity contribution in [2.45, 2.75) is 13.3 Å². The summed E-state index contributed by atoms with van der Waals surface area (Å²) in [4.78, 5) is 12.2. The molecule has 6 nitrogen and oxygen atoms in total. The number of aromatic nitrogens is 3. The predicted octanol–water partition coefficient (Wildman–Crippen LogP) is 2.84. The first-order chi connectivity index (χ1) is 10.3. The molecule has 0 aliphatic rings. The number of halogens is 1. The maximum absolute atomic E-state index is 5.84. The van der Waals surface area contributed by atoms with E-state index in [1.807, 2.05) is 37.3 Å². The van der Waals surface area contributed by atoms with Crippen LogP contribution in [0.2, 0.25) is 5.28 Å². The summed E-state index contributed by atoms with van der Waals surface area (Å²) in [6.45, 7) is 4.01. The van der Waals surface area contributed by atoms with E-state index < -0.39 is 0 Å². The summed E-state index contributed by atoms with van der Waals surface area (Å²) in [5.74, 6) is 1.81. The average Bonchev–Trinajstić information content (AvgIpc) is 2.48. The monoisotopic (exact) mass is 307 g/mol. The first-order valence-electron chi connectivity index (χ1n) is 6.85. The van der Waals surface area contributed by atoms with Crippen LogP contribution in [0.15, 0.2) is 30.3 Å². The van der Waals surface area contributed by atoms with E-state index in [0.717, 1.165) is 18.7 Å². The lowest BCUT2D eigenvalue weighted by atomic mass is 10.3. The lowest BCUT2D eigenvalue weighted by molar-refractivity contribution is 0.315. The molecular formula is C14H18ClN5O. The Labute approximate surface area is 128 Å². The molecule has 7 heteroatoms. The molecule has 21 heavy (non-hydrogen) atoms. The summed E-state index contributed by atoms with van der Waals surface area (Å²) in [6, 6.07) is 9.72. The number of ether oxygens (including phenoxy) is 1. The maximum Gasteiger partial charge on any atom is 0.228 e. The van der Waals surface area contributed by atoms with Gasteiger partial charge in [0.15, 0.2) is 0 Å². The smallest absolute Gasteiger partial charge is 0.228 e. The number of anilines is 2. The lowest BCUT2D eigenvalue weighted by Crippen LogP contribution is -2.12. The van der Waals surface area contributed by atoms with Crippen molar-refractivity contribution in [2.24, 2.45) is 0 Å². The van der Waals surface area contributed by atoms with E-state index in [-0.39, 0.29) is 5.28 Å². The van der Waals surface area contributed by atoms with Crippen LogP contribution in [0.25, 0.3) is 0 Å². The van der Waals surface area contributed by atoms with Crippen LogP contribution in [0.1, 0.15) is 13.3 Å². The van der Waals surface area contributed by atoms with E-state index in [9.17, 15) is 0 Å². The Morgan fingerprint density at radius 3 is 2.48 bits per heavy atom. The molecule has 0 atom stereocenters. The van der Waals surface area contributed by atoms with Gasteiger partial charge in [-0.15, -0.1) is 0 Å².